The predicted molar refractivity (Wildman–Crippen MR) is 61.3 cm³/mol. The monoisotopic (exact) mass is 254 g/mol. The van der Waals surface area contributed by atoms with E-state index >= 15 is 0 Å². The van der Waals surface area contributed by atoms with E-state index in [0.29, 0.717) is 17.9 Å². The molecular formula is C12H12F2N2O2. The van der Waals surface area contributed by atoms with E-state index in [4.69, 9.17) is 5.11 Å². The zero-order valence-electron chi connectivity index (χ0n) is 9.70. The molecule has 0 saturated heterocycles. The molecule has 0 bridgehead atoms. The fourth-order valence-corrected chi connectivity index (χ4v) is 1.62. The van der Waals surface area contributed by atoms with Gasteiger partial charge in [-0.15, -0.1) is 0 Å². The molecule has 6 heteroatoms. The number of benzene rings is 1. The quantitative estimate of drug-likeness (QED) is 0.876. The first-order chi connectivity index (χ1) is 8.65. The van der Waals surface area contributed by atoms with Gasteiger partial charge in [0.15, 0.2) is 11.6 Å². The number of methoxy groups -OCH3 is 1. The minimum absolute atomic E-state index is 0.0631. The van der Waals surface area contributed by atoms with E-state index in [-0.39, 0.29) is 17.9 Å². The molecule has 4 nitrogen and oxygen atoms in total. The summed E-state index contributed by atoms with van der Waals surface area (Å²) in [4.78, 5) is 6.78. The summed E-state index contributed by atoms with van der Waals surface area (Å²) < 4.78 is 31.9. The summed E-state index contributed by atoms with van der Waals surface area (Å²) in [6.07, 6.45) is 1.73. The molecular weight excluding hydrogens is 242 g/mol. The van der Waals surface area contributed by atoms with Crippen molar-refractivity contribution in [1.82, 2.24) is 9.97 Å². The highest BCUT2D eigenvalue weighted by atomic mass is 19.1. The normalized spacial score (nSPS) is 10.7. The molecule has 0 atom stereocenters. The number of H-pyrrole nitrogens is 1. The van der Waals surface area contributed by atoms with E-state index in [2.05, 4.69) is 14.7 Å². The molecule has 96 valence electrons. The number of aromatic amines is 1. The molecule has 0 spiro atoms. The Balaban J connectivity index is 2.40. The lowest BCUT2D eigenvalue weighted by molar-refractivity contribution is 0.297. The smallest absolute Gasteiger partial charge is 0.165 e. The van der Waals surface area contributed by atoms with E-state index < -0.39 is 11.6 Å². The lowest BCUT2D eigenvalue weighted by Gasteiger charge is -2.05. The van der Waals surface area contributed by atoms with Crippen LogP contribution in [0.4, 0.5) is 8.78 Å². The Morgan fingerprint density at radius 2 is 2.11 bits per heavy atom. The second kappa shape index (κ2) is 5.14. The Hall–Kier alpha value is -1.95. The third-order valence-corrected chi connectivity index (χ3v) is 2.51. The van der Waals surface area contributed by atoms with Gasteiger partial charge in [0.05, 0.1) is 25.6 Å². The molecule has 2 aromatic rings. The van der Waals surface area contributed by atoms with Crippen LogP contribution >= 0.6 is 0 Å². The minimum Gasteiger partial charge on any atom is -0.494 e. The Bertz CT molecular complexity index is 555. The van der Waals surface area contributed by atoms with Gasteiger partial charge in [-0.2, -0.15) is 0 Å². The van der Waals surface area contributed by atoms with E-state index in [1.807, 2.05) is 0 Å². The fraction of sp³-hybridized carbons (Fsp3) is 0.250. The van der Waals surface area contributed by atoms with Gasteiger partial charge in [-0.3, -0.25) is 0 Å². The SMILES string of the molecule is COc1cc(F)c(-c2cnc(CCO)[nH]2)cc1F. The third kappa shape index (κ3) is 2.33. The Morgan fingerprint density at radius 1 is 1.33 bits per heavy atom. The summed E-state index contributed by atoms with van der Waals surface area (Å²) >= 11 is 0. The van der Waals surface area contributed by atoms with Crippen molar-refractivity contribution in [1.29, 1.82) is 0 Å². The molecule has 0 aliphatic carbocycles. The third-order valence-electron chi connectivity index (χ3n) is 2.51. The maximum absolute atomic E-state index is 13.8. The second-order valence-electron chi connectivity index (χ2n) is 3.68. The largest absolute Gasteiger partial charge is 0.494 e. The van der Waals surface area contributed by atoms with Crippen molar-refractivity contribution >= 4 is 0 Å². The predicted octanol–water partition coefficient (Wildman–Crippen LogP) is 1.90. The molecule has 0 aliphatic rings. The molecule has 0 amide bonds. The topological polar surface area (TPSA) is 58.1 Å². The van der Waals surface area contributed by atoms with Crippen LogP contribution in [-0.4, -0.2) is 28.8 Å². The van der Waals surface area contributed by atoms with E-state index in [0.717, 1.165) is 12.1 Å². The van der Waals surface area contributed by atoms with Gasteiger partial charge in [0.25, 0.3) is 0 Å². The highest BCUT2D eigenvalue weighted by Gasteiger charge is 2.13. The number of aromatic nitrogens is 2. The van der Waals surface area contributed by atoms with E-state index in [9.17, 15) is 8.78 Å². The molecule has 0 fully saturated rings. The molecule has 0 radical (unpaired) electrons. The minimum atomic E-state index is -0.646. The number of rotatable bonds is 4. The summed E-state index contributed by atoms with van der Waals surface area (Å²) in [6.45, 7) is -0.0631. The summed E-state index contributed by atoms with van der Waals surface area (Å²) in [5, 5.41) is 8.76. The molecule has 1 aromatic heterocycles. The van der Waals surface area contributed by atoms with Crippen molar-refractivity contribution in [3.8, 4) is 17.0 Å². The average molecular weight is 254 g/mol. The van der Waals surface area contributed by atoms with Gasteiger partial charge in [-0.05, 0) is 6.07 Å². The van der Waals surface area contributed by atoms with Crippen LogP contribution in [0, 0.1) is 11.6 Å². The summed E-state index contributed by atoms with van der Waals surface area (Å²) in [5.74, 6) is -0.880. The van der Waals surface area contributed by atoms with Crippen LogP contribution in [0.1, 0.15) is 5.82 Å². The lowest BCUT2D eigenvalue weighted by atomic mass is 10.1. The first-order valence-electron chi connectivity index (χ1n) is 5.34. The van der Waals surface area contributed by atoms with E-state index in [1.54, 1.807) is 0 Å². The van der Waals surface area contributed by atoms with Crippen LogP contribution in [0.2, 0.25) is 0 Å². The maximum atomic E-state index is 13.8. The number of halogens is 2. The van der Waals surface area contributed by atoms with E-state index in [1.165, 1.54) is 13.3 Å². The number of nitrogens with one attached hydrogen (secondary N) is 1. The van der Waals surface area contributed by atoms with Gasteiger partial charge in [0, 0.05) is 18.1 Å². The van der Waals surface area contributed by atoms with Crippen molar-refractivity contribution in [2.24, 2.45) is 0 Å². The molecule has 0 aliphatic heterocycles. The number of hydrogen-bond acceptors (Lipinski definition) is 3. The molecule has 0 saturated carbocycles. The number of nitrogens with zero attached hydrogens (tertiary/aromatic N) is 1. The van der Waals surface area contributed by atoms with Crippen molar-refractivity contribution in [3.63, 3.8) is 0 Å². The molecule has 1 aromatic carbocycles. The Morgan fingerprint density at radius 3 is 2.78 bits per heavy atom. The first kappa shape index (κ1) is 12.5. The van der Waals surface area contributed by atoms with Crippen LogP contribution < -0.4 is 4.74 Å². The Labute approximate surface area is 102 Å². The summed E-state index contributed by atoms with van der Waals surface area (Å²) in [7, 11) is 1.27. The van der Waals surface area contributed by atoms with Crippen LogP contribution in [0.5, 0.6) is 5.75 Å². The van der Waals surface area contributed by atoms with Crippen molar-refractivity contribution < 1.29 is 18.6 Å². The van der Waals surface area contributed by atoms with Crippen LogP contribution in [0.3, 0.4) is 0 Å². The van der Waals surface area contributed by atoms with Crippen LogP contribution in [0.25, 0.3) is 11.3 Å². The zero-order chi connectivity index (χ0) is 13.1. The van der Waals surface area contributed by atoms with Crippen molar-refractivity contribution in [2.45, 2.75) is 6.42 Å². The van der Waals surface area contributed by atoms with Crippen LogP contribution in [-0.2, 0) is 6.42 Å². The standard InChI is InChI=1S/C12H12F2N2O2/c1-18-11-5-8(13)7(4-9(11)14)10-6-15-12(16-10)2-3-17/h4-6,17H,2-3H2,1H3,(H,15,16). The summed E-state index contributed by atoms with van der Waals surface area (Å²) in [5.41, 5.74) is 0.433. The molecule has 0 unspecified atom stereocenters. The fourth-order valence-electron chi connectivity index (χ4n) is 1.62. The zero-order valence-corrected chi connectivity index (χ0v) is 9.70. The maximum Gasteiger partial charge on any atom is 0.165 e. The highest BCUT2D eigenvalue weighted by Crippen LogP contribution is 2.27. The molecule has 2 N–H and O–H groups in total. The summed E-state index contributed by atoms with van der Waals surface area (Å²) in [6, 6.07) is 2.03. The molecule has 18 heavy (non-hydrogen) atoms. The molecule has 2 rings (SSSR count). The number of imidazole rings is 1. The number of ether oxygens (including phenoxy) is 1. The lowest BCUT2D eigenvalue weighted by Crippen LogP contribution is -1.94. The van der Waals surface area contributed by atoms with Gasteiger partial charge in [0.2, 0.25) is 0 Å². The van der Waals surface area contributed by atoms with Gasteiger partial charge >= 0.3 is 0 Å². The number of aliphatic hydroxyl groups excluding tert-OH is 1. The first-order valence-corrected chi connectivity index (χ1v) is 5.34. The Kier molecular flexibility index (Phi) is 3.57. The number of hydrogen-bond donors (Lipinski definition) is 2. The van der Waals surface area contributed by atoms with Gasteiger partial charge in [0.1, 0.15) is 11.6 Å². The van der Waals surface area contributed by atoms with Crippen molar-refractivity contribution in [2.75, 3.05) is 13.7 Å². The van der Waals surface area contributed by atoms with Gasteiger partial charge in [-0.25, -0.2) is 13.8 Å². The number of aliphatic hydroxyl groups is 1. The highest BCUT2D eigenvalue weighted by molar-refractivity contribution is 5.61. The van der Waals surface area contributed by atoms with Crippen molar-refractivity contribution in [3.05, 3.63) is 35.8 Å². The van der Waals surface area contributed by atoms with Crippen LogP contribution in [0.15, 0.2) is 18.3 Å². The average Bonchev–Trinajstić information content (AvgIpc) is 2.80. The van der Waals surface area contributed by atoms with Gasteiger partial charge in [-0.1, -0.05) is 0 Å². The second-order valence-corrected chi connectivity index (χ2v) is 3.68. The molecule has 1 heterocycles. The van der Waals surface area contributed by atoms with Gasteiger partial charge < -0.3 is 14.8 Å².